The predicted octanol–water partition coefficient (Wildman–Crippen LogP) is 3.98. The van der Waals surface area contributed by atoms with Gasteiger partial charge >= 0.3 is 0 Å². The Balaban J connectivity index is 1.69. The van der Waals surface area contributed by atoms with E-state index in [4.69, 9.17) is 0 Å². The van der Waals surface area contributed by atoms with E-state index >= 15 is 0 Å². The molecule has 0 aromatic carbocycles. The molecule has 0 spiro atoms. The first-order valence-electron chi connectivity index (χ1n) is 7.30. The molecule has 0 amide bonds. The largest absolute Gasteiger partial charge is 0.314 e. The Morgan fingerprint density at radius 3 is 2.56 bits per heavy atom. The Morgan fingerprint density at radius 1 is 1.12 bits per heavy atom. The Morgan fingerprint density at radius 2 is 1.88 bits per heavy atom. The van der Waals surface area contributed by atoms with Crippen LogP contribution in [0.2, 0.25) is 0 Å². The van der Waals surface area contributed by atoms with Crippen molar-refractivity contribution in [3.8, 4) is 0 Å². The molecule has 2 fully saturated rings. The van der Waals surface area contributed by atoms with Crippen LogP contribution in [0.15, 0.2) is 0 Å². The fourth-order valence-electron chi connectivity index (χ4n) is 3.05. The summed E-state index contributed by atoms with van der Waals surface area (Å²) in [5, 5.41) is 3.82. The van der Waals surface area contributed by atoms with Crippen LogP contribution >= 0.6 is 0 Å². The normalized spacial score (nSPS) is 32.1. The van der Waals surface area contributed by atoms with Gasteiger partial charge in [0.25, 0.3) is 0 Å². The molecule has 1 heteroatoms. The van der Waals surface area contributed by atoms with Gasteiger partial charge in [0, 0.05) is 6.04 Å². The Bertz CT molecular complexity index is 217. The molecular weight excluding hydrogens is 194 g/mol. The van der Waals surface area contributed by atoms with Crippen molar-refractivity contribution in [3.63, 3.8) is 0 Å². The SMILES string of the molecule is CC(CNC1CCCC(C)(C)CC1)C1CC1. The van der Waals surface area contributed by atoms with Crippen LogP contribution in [-0.2, 0) is 0 Å². The third-order valence-electron chi connectivity index (χ3n) is 4.73. The zero-order valence-electron chi connectivity index (χ0n) is 11.4. The molecule has 2 unspecified atom stereocenters. The fraction of sp³-hybridized carbons (Fsp3) is 1.00. The minimum Gasteiger partial charge on any atom is -0.314 e. The van der Waals surface area contributed by atoms with Crippen LogP contribution in [0.5, 0.6) is 0 Å². The topological polar surface area (TPSA) is 12.0 Å². The summed E-state index contributed by atoms with van der Waals surface area (Å²) in [5.74, 6) is 1.96. The second-order valence-corrected chi connectivity index (χ2v) is 7.02. The van der Waals surface area contributed by atoms with E-state index in [1.54, 1.807) is 0 Å². The van der Waals surface area contributed by atoms with Gasteiger partial charge in [-0.1, -0.05) is 27.2 Å². The lowest BCUT2D eigenvalue weighted by atomic mass is 9.85. The van der Waals surface area contributed by atoms with E-state index in [9.17, 15) is 0 Å². The highest BCUT2D eigenvalue weighted by Gasteiger charge is 2.29. The van der Waals surface area contributed by atoms with Crippen LogP contribution in [0.4, 0.5) is 0 Å². The van der Waals surface area contributed by atoms with Gasteiger partial charge in [0.15, 0.2) is 0 Å². The molecule has 2 saturated carbocycles. The molecule has 2 aliphatic rings. The summed E-state index contributed by atoms with van der Waals surface area (Å²) in [6.07, 6.45) is 10.0. The highest BCUT2D eigenvalue weighted by Crippen LogP contribution is 2.37. The average Bonchev–Trinajstić information content (AvgIpc) is 3.02. The minimum absolute atomic E-state index is 0.596. The van der Waals surface area contributed by atoms with Crippen molar-refractivity contribution < 1.29 is 0 Å². The third kappa shape index (κ3) is 3.76. The van der Waals surface area contributed by atoms with E-state index in [0.29, 0.717) is 5.41 Å². The van der Waals surface area contributed by atoms with Crippen molar-refractivity contribution in [2.75, 3.05) is 6.54 Å². The predicted molar refractivity (Wildman–Crippen MR) is 70.5 cm³/mol. The quantitative estimate of drug-likeness (QED) is 0.711. The van der Waals surface area contributed by atoms with Gasteiger partial charge in [0.2, 0.25) is 0 Å². The lowest BCUT2D eigenvalue weighted by Crippen LogP contribution is -2.33. The van der Waals surface area contributed by atoms with Gasteiger partial charge in [-0.05, 0) is 62.3 Å². The van der Waals surface area contributed by atoms with Crippen LogP contribution in [0, 0.1) is 17.3 Å². The van der Waals surface area contributed by atoms with E-state index in [1.165, 1.54) is 51.5 Å². The minimum atomic E-state index is 0.596. The molecule has 94 valence electrons. The average molecular weight is 223 g/mol. The van der Waals surface area contributed by atoms with Crippen molar-refractivity contribution >= 4 is 0 Å². The van der Waals surface area contributed by atoms with Gasteiger partial charge in [0.05, 0.1) is 0 Å². The first-order chi connectivity index (χ1) is 7.57. The van der Waals surface area contributed by atoms with Crippen molar-refractivity contribution in [2.24, 2.45) is 17.3 Å². The lowest BCUT2D eigenvalue weighted by molar-refractivity contribution is 0.307. The zero-order chi connectivity index (χ0) is 11.6. The van der Waals surface area contributed by atoms with Gasteiger partial charge in [0.1, 0.15) is 0 Å². The summed E-state index contributed by atoms with van der Waals surface area (Å²) in [6.45, 7) is 8.55. The smallest absolute Gasteiger partial charge is 0.00673 e. The Hall–Kier alpha value is -0.0400. The standard InChI is InChI=1S/C15H29N/c1-12(13-6-7-13)11-16-14-5-4-9-15(2,3)10-8-14/h12-14,16H,4-11H2,1-3H3. The summed E-state index contributed by atoms with van der Waals surface area (Å²) >= 11 is 0. The van der Waals surface area contributed by atoms with E-state index in [0.717, 1.165) is 17.9 Å². The molecule has 0 heterocycles. The van der Waals surface area contributed by atoms with Crippen LogP contribution in [0.3, 0.4) is 0 Å². The summed E-state index contributed by atoms with van der Waals surface area (Å²) in [6, 6.07) is 0.808. The first kappa shape index (κ1) is 12.4. The molecule has 1 N–H and O–H groups in total. The second kappa shape index (κ2) is 5.08. The van der Waals surface area contributed by atoms with Gasteiger partial charge in [-0.15, -0.1) is 0 Å². The van der Waals surface area contributed by atoms with Gasteiger partial charge in [-0.25, -0.2) is 0 Å². The highest BCUT2D eigenvalue weighted by atomic mass is 14.9. The third-order valence-corrected chi connectivity index (χ3v) is 4.73. The van der Waals surface area contributed by atoms with Gasteiger partial charge in [-0.2, -0.15) is 0 Å². The van der Waals surface area contributed by atoms with Gasteiger partial charge < -0.3 is 5.32 Å². The molecule has 0 bridgehead atoms. The second-order valence-electron chi connectivity index (χ2n) is 7.02. The van der Waals surface area contributed by atoms with Crippen LogP contribution in [-0.4, -0.2) is 12.6 Å². The van der Waals surface area contributed by atoms with Crippen LogP contribution in [0.1, 0.15) is 65.7 Å². The monoisotopic (exact) mass is 223 g/mol. The molecule has 2 aliphatic carbocycles. The van der Waals surface area contributed by atoms with E-state index in [-0.39, 0.29) is 0 Å². The summed E-state index contributed by atoms with van der Waals surface area (Å²) in [4.78, 5) is 0. The van der Waals surface area contributed by atoms with E-state index < -0.39 is 0 Å². The first-order valence-corrected chi connectivity index (χ1v) is 7.30. The lowest BCUT2D eigenvalue weighted by Gasteiger charge is -2.22. The number of nitrogens with one attached hydrogen (secondary N) is 1. The van der Waals surface area contributed by atoms with Crippen molar-refractivity contribution in [1.82, 2.24) is 5.32 Å². The highest BCUT2D eigenvalue weighted by molar-refractivity contribution is 4.83. The Kier molecular flexibility index (Phi) is 3.94. The molecule has 0 saturated heterocycles. The van der Waals surface area contributed by atoms with Crippen molar-refractivity contribution in [2.45, 2.75) is 71.8 Å². The summed E-state index contributed by atoms with van der Waals surface area (Å²) in [5.41, 5.74) is 0.596. The molecule has 0 aromatic heterocycles. The van der Waals surface area contributed by atoms with Gasteiger partial charge in [-0.3, -0.25) is 0 Å². The Labute approximate surface area is 101 Å². The zero-order valence-corrected chi connectivity index (χ0v) is 11.4. The maximum atomic E-state index is 3.82. The number of hydrogen-bond donors (Lipinski definition) is 1. The van der Waals surface area contributed by atoms with Crippen LogP contribution in [0.25, 0.3) is 0 Å². The van der Waals surface area contributed by atoms with E-state index in [2.05, 4.69) is 26.1 Å². The van der Waals surface area contributed by atoms with Crippen molar-refractivity contribution in [1.29, 1.82) is 0 Å². The molecule has 16 heavy (non-hydrogen) atoms. The summed E-state index contributed by atoms with van der Waals surface area (Å²) in [7, 11) is 0. The number of rotatable bonds is 4. The maximum absolute atomic E-state index is 3.82. The van der Waals surface area contributed by atoms with Crippen molar-refractivity contribution in [3.05, 3.63) is 0 Å². The number of hydrogen-bond acceptors (Lipinski definition) is 1. The summed E-state index contributed by atoms with van der Waals surface area (Å²) < 4.78 is 0. The van der Waals surface area contributed by atoms with Crippen LogP contribution < -0.4 is 5.32 Å². The maximum Gasteiger partial charge on any atom is 0.00673 e. The molecule has 1 nitrogen and oxygen atoms in total. The molecule has 0 radical (unpaired) electrons. The molecule has 0 aromatic rings. The molecular formula is C15H29N. The van der Waals surface area contributed by atoms with E-state index in [1.807, 2.05) is 0 Å². The fourth-order valence-corrected chi connectivity index (χ4v) is 3.05. The molecule has 2 rings (SSSR count). The molecule has 0 aliphatic heterocycles. The molecule has 2 atom stereocenters.